The van der Waals surface area contributed by atoms with Gasteiger partial charge >= 0.3 is 0 Å². The predicted octanol–water partition coefficient (Wildman–Crippen LogP) is 4.18. The van der Waals surface area contributed by atoms with Crippen LogP contribution in [0, 0.1) is 6.92 Å². The maximum atomic E-state index is 12.6. The second-order valence-electron chi connectivity index (χ2n) is 7.24. The van der Waals surface area contributed by atoms with E-state index in [2.05, 4.69) is 5.32 Å². The first-order chi connectivity index (χ1) is 11.8. The number of rotatable bonds is 4. The summed E-state index contributed by atoms with van der Waals surface area (Å²) in [5, 5.41) is 3.12. The van der Waals surface area contributed by atoms with Gasteiger partial charge in [0.1, 0.15) is 17.1 Å². The molecule has 0 aromatic heterocycles. The third-order valence-electron chi connectivity index (χ3n) is 4.40. The van der Waals surface area contributed by atoms with Crippen molar-refractivity contribution in [3.05, 3.63) is 59.7 Å². The van der Waals surface area contributed by atoms with Gasteiger partial charge in [0.15, 0.2) is 6.10 Å². The summed E-state index contributed by atoms with van der Waals surface area (Å²) in [6.07, 6.45) is 0.147. The molecule has 2 aromatic rings. The van der Waals surface area contributed by atoms with E-state index in [9.17, 15) is 4.79 Å². The minimum absolute atomic E-state index is 0.0866. The van der Waals surface area contributed by atoms with E-state index >= 15 is 0 Å². The molecule has 1 aliphatic heterocycles. The van der Waals surface area contributed by atoms with Crippen LogP contribution in [-0.4, -0.2) is 17.6 Å². The van der Waals surface area contributed by atoms with Crippen molar-refractivity contribution in [2.75, 3.05) is 0 Å². The van der Waals surface area contributed by atoms with E-state index < -0.39 is 6.10 Å². The first kappa shape index (κ1) is 17.3. The lowest BCUT2D eigenvalue weighted by Crippen LogP contribution is -2.44. The number of nitrogens with one attached hydrogen (secondary N) is 1. The number of hydrogen-bond acceptors (Lipinski definition) is 3. The van der Waals surface area contributed by atoms with Gasteiger partial charge in [0.2, 0.25) is 0 Å². The van der Waals surface area contributed by atoms with Crippen molar-refractivity contribution >= 4 is 5.91 Å². The Bertz CT molecular complexity index is 752. The van der Waals surface area contributed by atoms with Gasteiger partial charge in [-0.05, 0) is 45.9 Å². The van der Waals surface area contributed by atoms with Crippen LogP contribution in [0.15, 0.2) is 48.5 Å². The number of fused-ring (bicyclic) bond motifs is 1. The van der Waals surface area contributed by atoms with Crippen molar-refractivity contribution in [1.82, 2.24) is 5.32 Å². The standard InChI is InChI=1S/C21H25NO3/c1-14-9-11-16(12-10-14)24-15(2)20(23)22-18-13-21(3,4)25-19-8-6-5-7-17(18)19/h5-12,15,18H,13H2,1-4H3,(H,22,23)/t15-,18+/m0/s1. The van der Waals surface area contributed by atoms with E-state index in [1.165, 1.54) is 0 Å². The van der Waals surface area contributed by atoms with Crippen LogP contribution in [0.25, 0.3) is 0 Å². The number of para-hydroxylation sites is 1. The average Bonchev–Trinajstić information content (AvgIpc) is 2.56. The van der Waals surface area contributed by atoms with Gasteiger partial charge in [-0.2, -0.15) is 0 Å². The molecule has 0 unspecified atom stereocenters. The number of ether oxygens (including phenoxy) is 2. The molecule has 25 heavy (non-hydrogen) atoms. The molecule has 2 aromatic carbocycles. The molecular weight excluding hydrogens is 314 g/mol. The summed E-state index contributed by atoms with van der Waals surface area (Å²) in [5.41, 5.74) is 1.84. The van der Waals surface area contributed by atoms with Gasteiger partial charge in [-0.3, -0.25) is 4.79 Å². The van der Waals surface area contributed by atoms with Crippen LogP contribution in [0.3, 0.4) is 0 Å². The molecule has 4 heteroatoms. The van der Waals surface area contributed by atoms with Gasteiger partial charge in [-0.15, -0.1) is 0 Å². The Labute approximate surface area is 149 Å². The minimum atomic E-state index is -0.569. The Morgan fingerprint density at radius 3 is 2.60 bits per heavy atom. The molecule has 0 fully saturated rings. The summed E-state index contributed by atoms with van der Waals surface area (Å²) in [6.45, 7) is 7.86. The summed E-state index contributed by atoms with van der Waals surface area (Å²) in [7, 11) is 0. The lowest BCUT2D eigenvalue weighted by atomic mass is 9.89. The van der Waals surface area contributed by atoms with Crippen molar-refractivity contribution in [3.63, 3.8) is 0 Å². The highest BCUT2D eigenvalue weighted by atomic mass is 16.5. The fraction of sp³-hybridized carbons (Fsp3) is 0.381. The number of aryl methyl sites for hydroxylation is 1. The Morgan fingerprint density at radius 1 is 1.20 bits per heavy atom. The van der Waals surface area contributed by atoms with Crippen LogP contribution in [0.5, 0.6) is 11.5 Å². The summed E-state index contributed by atoms with van der Waals surface area (Å²) >= 11 is 0. The van der Waals surface area contributed by atoms with Crippen LogP contribution in [0.1, 0.15) is 44.4 Å². The molecule has 0 aliphatic carbocycles. The molecule has 4 nitrogen and oxygen atoms in total. The molecule has 1 aliphatic rings. The van der Waals surface area contributed by atoms with Crippen molar-refractivity contribution in [2.45, 2.75) is 51.9 Å². The SMILES string of the molecule is Cc1ccc(O[C@@H](C)C(=O)N[C@@H]2CC(C)(C)Oc3ccccc32)cc1. The van der Waals surface area contributed by atoms with Gasteiger partial charge in [0.05, 0.1) is 6.04 Å². The fourth-order valence-electron chi connectivity index (χ4n) is 3.09. The highest BCUT2D eigenvalue weighted by molar-refractivity contribution is 5.81. The molecule has 3 rings (SSSR count). The molecule has 0 saturated carbocycles. The molecule has 1 amide bonds. The van der Waals surface area contributed by atoms with Crippen LogP contribution in [-0.2, 0) is 4.79 Å². The molecule has 0 bridgehead atoms. The monoisotopic (exact) mass is 339 g/mol. The molecule has 0 spiro atoms. The summed E-state index contributed by atoms with van der Waals surface area (Å²) in [5.74, 6) is 1.40. The fourth-order valence-corrected chi connectivity index (χ4v) is 3.09. The van der Waals surface area contributed by atoms with Crippen molar-refractivity contribution < 1.29 is 14.3 Å². The number of hydrogen-bond donors (Lipinski definition) is 1. The zero-order valence-corrected chi connectivity index (χ0v) is 15.2. The van der Waals surface area contributed by atoms with Crippen LogP contribution in [0.2, 0.25) is 0 Å². The summed E-state index contributed by atoms with van der Waals surface area (Å²) < 4.78 is 11.8. The quantitative estimate of drug-likeness (QED) is 0.909. The first-order valence-corrected chi connectivity index (χ1v) is 8.66. The Morgan fingerprint density at radius 2 is 1.88 bits per heavy atom. The van der Waals surface area contributed by atoms with Crippen molar-refractivity contribution in [1.29, 1.82) is 0 Å². The molecule has 1 N–H and O–H groups in total. The molecule has 132 valence electrons. The van der Waals surface area contributed by atoms with E-state index in [4.69, 9.17) is 9.47 Å². The number of amides is 1. The molecule has 1 heterocycles. The van der Waals surface area contributed by atoms with Gasteiger partial charge in [-0.1, -0.05) is 35.9 Å². The summed E-state index contributed by atoms with van der Waals surface area (Å²) in [4.78, 5) is 12.6. The first-order valence-electron chi connectivity index (χ1n) is 8.66. The zero-order valence-electron chi connectivity index (χ0n) is 15.2. The minimum Gasteiger partial charge on any atom is -0.487 e. The predicted molar refractivity (Wildman–Crippen MR) is 97.9 cm³/mol. The maximum absolute atomic E-state index is 12.6. The van der Waals surface area contributed by atoms with E-state index in [-0.39, 0.29) is 17.6 Å². The van der Waals surface area contributed by atoms with E-state index in [1.54, 1.807) is 6.92 Å². The zero-order chi connectivity index (χ0) is 18.0. The third-order valence-corrected chi connectivity index (χ3v) is 4.40. The number of carbonyl (C=O) groups excluding carboxylic acids is 1. The molecule has 0 saturated heterocycles. The Balaban J connectivity index is 1.70. The highest BCUT2D eigenvalue weighted by Crippen LogP contribution is 2.39. The molecule has 0 radical (unpaired) electrons. The highest BCUT2D eigenvalue weighted by Gasteiger charge is 2.35. The molecular formula is C21H25NO3. The topological polar surface area (TPSA) is 47.6 Å². The lowest BCUT2D eigenvalue weighted by Gasteiger charge is -2.38. The van der Waals surface area contributed by atoms with Gasteiger partial charge < -0.3 is 14.8 Å². The van der Waals surface area contributed by atoms with E-state index in [1.807, 2.05) is 69.3 Å². The lowest BCUT2D eigenvalue weighted by molar-refractivity contribution is -0.128. The van der Waals surface area contributed by atoms with Crippen molar-refractivity contribution in [2.24, 2.45) is 0 Å². The van der Waals surface area contributed by atoms with Crippen LogP contribution in [0.4, 0.5) is 0 Å². The largest absolute Gasteiger partial charge is 0.487 e. The number of benzene rings is 2. The van der Waals surface area contributed by atoms with E-state index in [0.29, 0.717) is 12.2 Å². The summed E-state index contributed by atoms with van der Waals surface area (Å²) in [6, 6.07) is 15.5. The average molecular weight is 339 g/mol. The van der Waals surface area contributed by atoms with E-state index in [0.717, 1.165) is 16.9 Å². The maximum Gasteiger partial charge on any atom is 0.261 e. The second kappa shape index (κ2) is 6.79. The van der Waals surface area contributed by atoms with Gasteiger partial charge in [-0.25, -0.2) is 0 Å². The Kier molecular flexibility index (Phi) is 4.71. The third kappa shape index (κ3) is 4.13. The van der Waals surface area contributed by atoms with Gasteiger partial charge in [0, 0.05) is 12.0 Å². The van der Waals surface area contributed by atoms with Crippen molar-refractivity contribution in [3.8, 4) is 11.5 Å². The van der Waals surface area contributed by atoms with Crippen LogP contribution < -0.4 is 14.8 Å². The Hall–Kier alpha value is -2.49. The number of carbonyl (C=O) groups is 1. The smallest absolute Gasteiger partial charge is 0.261 e. The molecule has 2 atom stereocenters. The van der Waals surface area contributed by atoms with Crippen LogP contribution >= 0.6 is 0 Å². The normalized spacial score (nSPS) is 19.3. The van der Waals surface area contributed by atoms with Gasteiger partial charge in [0.25, 0.3) is 5.91 Å². The second-order valence-corrected chi connectivity index (χ2v) is 7.24.